The van der Waals surface area contributed by atoms with Crippen LogP contribution >= 0.6 is 15.9 Å². The first kappa shape index (κ1) is 13.0. The van der Waals surface area contributed by atoms with Gasteiger partial charge in [0, 0.05) is 5.33 Å². The summed E-state index contributed by atoms with van der Waals surface area (Å²) in [4.78, 5) is 10.7. The number of benzene rings is 1. The van der Waals surface area contributed by atoms with Gasteiger partial charge in [-0.1, -0.05) is 22.0 Å². The molecule has 0 unspecified atom stereocenters. The maximum Gasteiger partial charge on any atom is 0.416 e. The highest BCUT2D eigenvalue weighted by molar-refractivity contribution is 9.08. The molecular formula is C10H8BrF3O2. The van der Waals surface area contributed by atoms with Crippen LogP contribution in [0.15, 0.2) is 12.1 Å². The number of carbonyl (C=O) groups is 1. The fraction of sp³-hybridized carbons (Fsp3) is 0.300. The van der Waals surface area contributed by atoms with Gasteiger partial charge in [0.05, 0.1) is 11.1 Å². The Morgan fingerprint density at radius 2 is 2.00 bits per heavy atom. The lowest BCUT2D eigenvalue weighted by Gasteiger charge is -2.15. The molecule has 1 aromatic rings. The van der Waals surface area contributed by atoms with Crippen LogP contribution in [0.25, 0.3) is 0 Å². The summed E-state index contributed by atoms with van der Waals surface area (Å²) in [6.07, 6.45) is -4.54. The molecule has 0 heterocycles. The minimum atomic E-state index is -4.54. The molecule has 0 aliphatic rings. The zero-order chi connectivity index (χ0) is 12.5. The second kappa shape index (κ2) is 4.45. The van der Waals surface area contributed by atoms with E-state index in [-0.39, 0.29) is 22.0 Å². The number of rotatable bonds is 2. The predicted octanol–water partition coefficient (Wildman–Crippen LogP) is 3.61. The van der Waals surface area contributed by atoms with Gasteiger partial charge in [0.2, 0.25) is 0 Å². The Morgan fingerprint density at radius 1 is 1.44 bits per heavy atom. The van der Waals surface area contributed by atoms with Crippen LogP contribution < -0.4 is 0 Å². The Hall–Kier alpha value is -1.04. The second-order valence-electron chi connectivity index (χ2n) is 3.21. The molecule has 0 spiro atoms. The topological polar surface area (TPSA) is 37.3 Å². The molecular weight excluding hydrogens is 289 g/mol. The molecule has 0 aliphatic carbocycles. The van der Waals surface area contributed by atoms with Gasteiger partial charge in [-0.25, -0.2) is 4.79 Å². The number of halogens is 4. The molecule has 0 amide bonds. The van der Waals surface area contributed by atoms with Crippen molar-refractivity contribution in [3.05, 3.63) is 34.4 Å². The first-order chi connectivity index (χ1) is 7.29. The van der Waals surface area contributed by atoms with Gasteiger partial charge in [-0.3, -0.25) is 0 Å². The van der Waals surface area contributed by atoms with Crippen molar-refractivity contribution >= 4 is 21.9 Å². The monoisotopic (exact) mass is 296 g/mol. The van der Waals surface area contributed by atoms with Crippen LogP contribution in [-0.2, 0) is 11.5 Å². The highest BCUT2D eigenvalue weighted by atomic mass is 79.9. The van der Waals surface area contributed by atoms with E-state index in [0.717, 1.165) is 0 Å². The van der Waals surface area contributed by atoms with E-state index in [4.69, 9.17) is 5.11 Å². The van der Waals surface area contributed by atoms with Crippen LogP contribution in [0.2, 0.25) is 0 Å². The third kappa shape index (κ3) is 2.37. The highest BCUT2D eigenvalue weighted by Gasteiger charge is 2.36. The molecule has 0 fully saturated rings. The van der Waals surface area contributed by atoms with Crippen LogP contribution in [0.5, 0.6) is 0 Å². The smallest absolute Gasteiger partial charge is 0.416 e. The zero-order valence-electron chi connectivity index (χ0n) is 8.23. The summed E-state index contributed by atoms with van der Waals surface area (Å²) in [5.41, 5.74) is -1.41. The normalized spacial score (nSPS) is 11.6. The van der Waals surface area contributed by atoms with Gasteiger partial charge in [-0.15, -0.1) is 0 Å². The second-order valence-corrected chi connectivity index (χ2v) is 3.77. The number of hydrogen-bond donors (Lipinski definition) is 1. The fourth-order valence-electron chi connectivity index (χ4n) is 1.51. The lowest BCUT2D eigenvalue weighted by molar-refractivity contribution is -0.138. The molecule has 6 heteroatoms. The van der Waals surface area contributed by atoms with Crippen molar-refractivity contribution in [1.82, 2.24) is 0 Å². The van der Waals surface area contributed by atoms with Gasteiger partial charge in [0.1, 0.15) is 0 Å². The van der Waals surface area contributed by atoms with E-state index in [1.807, 2.05) is 0 Å². The zero-order valence-corrected chi connectivity index (χ0v) is 9.82. The first-order valence-corrected chi connectivity index (χ1v) is 5.40. The van der Waals surface area contributed by atoms with Crippen LogP contribution in [0.3, 0.4) is 0 Å². The quantitative estimate of drug-likeness (QED) is 0.847. The lowest BCUT2D eigenvalue weighted by Crippen LogP contribution is -2.14. The average Bonchev–Trinajstić information content (AvgIpc) is 2.14. The Kier molecular flexibility index (Phi) is 3.62. The molecule has 0 bridgehead atoms. The Morgan fingerprint density at radius 3 is 2.38 bits per heavy atom. The lowest BCUT2D eigenvalue weighted by atomic mass is 9.97. The standard InChI is InChI=1S/C10H8BrF3O2/c1-5-7(9(15)16)3-2-6(4-11)8(5)10(12,13)14/h2-3H,4H2,1H3,(H,15,16). The van der Waals surface area contributed by atoms with Gasteiger partial charge < -0.3 is 5.11 Å². The number of carboxylic acids is 1. The van der Waals surface area contributed by atoms with Crippen molar-refractivity contribution in [2.24, 2.45) is 0 Å². The summed E-state index contributed by atoms with van der Waals surface area (Å²) < 4.78 is 38.2. The third-order valence-corrected chi connectivity index (χ3v) is 2.81. The van der Waals surface area contributed by atoms with Gasteiger partial charge in [0.15, 0.2) is 0 Å². The summed E-state index contributed by atoms with van der Waals surface area (Å²) >= 11 is 2.95. The van der Waals surface area contributed by atoms with E-state index >= 15 is 0 Å². The third-order valence-electron chi connectivity index (χ3n) is 2.21. The van der Waals surface area contributed by atoms with Gasteiger partial charge in [-0.2, -0.15) is 13.2 Å². The van der Waals surface area contributed by atoms with E-state index in [2.05, 4.69) is 15.9 Å². The number of hydrogen-bond acceptors (Lipinski definition) is 1. The van der Waals surface area contributed by atoms with E-state index in [1.165, 1.54) is 19.1 Å². The Bertz CT molecular complexity index is 427. The molecule has 1 rings (SSSR count). The van der Waals surface area contributed by atoms with Crippen molar-refractivity contribution in [3.8, 4) is 0 Å². The number of aromatic carboxylic acids is 1. The van der Waals surface area contributed by atoms with E-state index in [9.17, 15) is 18.0 Å². The molecule has 0 saturated heterocycles. The first-order valence-electron chi connectivity index (χ1n) is 4.28. The molecule has 0 saturated carbocycles. The van der Waals surface area contributed by atoms with Gasteiger partial charge >= 0.3 is 12.1 Å². The van der Waals surface area contributed by atoms with E-state index in [0.29, 0.717) is 0 Å². The molecule has 88 valence electrons. The summed E-state index contributed by atoms with van der Waals surface area (Å²) in [7, 11) is 0. The minimum Gasteiger partial charge on any atom is -0.478 e. The summed E-state index contributed by atoms with van der Waals surface area (Å²) in [5.74, 6) is -1.36. The molecule has 0 aromatic heterocycles. The summed E-state index contributed by atoms with van der Waals surface area (Å²) in [6.45, 7) is 1.17. The minimum absolute atomic E-state index is 0.0303. The molecule has 2 nitrogen and oxygen atoms in total. The summed E-state index contributed by atoms with van der Waals surface area (Å²) in [5, 5.41) is 8.77. The van der Waals surface area contributed by atoms with Crippen molar-refractivity contribution < 1.29 is 23.1 Å². The van der Waals surface area contributed by atoms with Crippen molar-refractivity contribution in [2.45, 2.75) is 18.4 Å². The SMILES string of the molecule is Cc1c(C(=O)O)ccc(CBr)c1C(F)(F)F. The maximum absolute atomic E-state index is 12.7. The van der Waals surface area contributed by atoms with Crippen LogP contribution in [0.1, 0.15) is 27.0 Å². The molecule has 0 aliphatic heterocycles. The molecule has 1 aromatic carbocycles. The van der Waals surface area contributed by atoms with Crippen molar-refractivity contribution in [3.63, 3.8) is 0 Å². The van der Waals surface area contributed by atoms with Crippen LogP contribution in [0.4, 0.5) is 13.2 Å². The fourth-order valence-corrected chi connectivity index (χ4v) is 1.97. The largest absolute Gasteiger partial charge is 0.478 e. The van der Waals surface area contributed by atoms with Crippen LogP contribution in [-0.4, -0.2) is 11.1 Å². The Balaban J connectivity index is 3.53. The number of alkyl halides is 4. The highest BCUT2D eigenvalue weighted by Crippen LogP contribution is 2.36. The predicted molar refractivity (Wildman–Crippen MR) is 55.8 cm³/mol. The summed E-state index contributed by atoms with van der Waals surface area (Å²) in [6, 6.07) is 2.36. The van der Waals surface area contributed by atoms with Crippen molar-refractivity contribution in [1.29, 1.82) is 0 Å². The maximum atomic E-state index is 12.7. The Labute approximate surface area is 98.2 Å². The molecule has 0 atom stereocenters. The van der Waals surface area contributed by atoms with E-state index in [1.54, 1.807) is 0 Å². The number of carboxylic acid groups (broad SMARTS) is 1. The average molecular weight is 297 g/mol. The van der Waals surface area contributed by atoms with Crippen molar-refractivity contribution in [2.75, 3.05) is 0 Å². The van der Waals surface area contributed by atoms with Gasteiger partial charge in [-0.05, 0) is 24.1 Å². The van der Waals surface area contributed by atoms with Gasteiger partial charge in [0.25, 0.3) is 0 Å². The van der Waals surface area contributed by atoms with Crippen LogP contribution in [0, 0.1) is 6.92 Å². The molecule has 1 N–H and O–H groups in total. The van der Waals surface area contributed by atoms with E-state index < -0.39 is 17.7 Å². The molecule has 16 heavy (non-hydrogen) atoms. The molecule has 0 radical (unpaired) electrons.